The quantitative estimate of drug-likeness (QED) is 0.681. The molecular formula is C14H10Cl2F3NS. The molecule has 0 fully saturated rings. The maximum absolute atomic E-state index is 13.1. The van der Waals surface area contributed by atoms with Gasteiger partial charge in [0.05, 0.1) is 26.7 Å². The number of para-hydroxylation sites is 1. The normalized spacial score (nSPS) is 17.9. The number of hydrogen-bond acceptors (Lipinski definition) is 2. The van der Waals surface area contributed by atoms with E-state index in [0.29, 0.717) is 4.34 Å². The van der Waals surface area contributed by atoms with Crippen LogP contribution in [0.2, 0.25) is 9.36 Å². The molecule has 1 aliphatic carbocycles. The number of aryl methyl sites for hydroxylation is 1. The van der Waals surface area contributed by atoms with Crippen molar-refractivity contribution in [3.8, 4) is 0 Å². The summed E-state index contributed by atoms with van der Waals surface area (Å²) in [5.74, 6) is 0. The molecule has 0 amide bonds. The highest BCUT2D eigenvalue weighted by molar-refractivity contribution is 7.16. The molecule has 21 heavy (non-hydrogen) atoms. The topological polar surface area (TPSA) is 12.0 Å². The lowest BCUT2D eigenvalue weighted by atomic mass is 10.1. The second-order valence-electron chi connectivity index (χ2n) is 4.82. The van der Waals surface area contributed by atoms with E-state index in [-0.39, 0.29) is 16.8 Å². The maximum Gasteiger partial charge on any atom is 0.418 e. The zero-order valence-corrected chi connectivity index (χ0v) is 12.9. The minimum atomic E-state index is -4.44. The number of fused-ring (bicyclic) bond motifs is 1. The molecule has 1 aromatic carbocycles. The first-order valence-corrected chi connectivity index (χ1v) is 7.84. The molecule has 7 heteroatoms. The molecular weight excluding hydrogens is 342 g/mol. The lowest BCUT2D eigenvalue weighted by Gasteiger charge is -2.20. The fourth-order valence-electron chi connectivity index (χ4n) is 2.56. The van der Waals surface area contributed by atoms with Gasteiger partial charge in [-0.3, -0.25) is 0 Å². The van der Waals surface area contributed by atoms with Crippen LogP contribution in [0.5, 0.6) is 0 Å². The van der Waals surface area contributed by atoms with Gasteiger partial charge in [-0.25, -0.2) is 0 Å². The minimum Gasteiger partial charge on any atom is -0.376 e. The van der Waals surface area contributed by atoms with Gasteiger partial charge in [-0.15, -0.1) is 11.3 Å². The summed E-state index contributed by atoms with van der Waals surface area (Å²) in [6, 6.07) is 5.42. The van der Waals surface area contributed by atoms with Gasteiger partial charge < -0.3 is 5.32 Å². The summed E-state index contributed by atoms with van der Waals surface area (Å²) in [5, 5.41) is 3.02. The lowest BCUT2D eigenvalue weighted by molar-refractivity contribution is -0.137. The average molecular weight is 352 g/mol. The molecule has 1 atom stereocenters. The standard InChI is InChI=1S/C14H10Cl2F3NS/c15-9-3-1-2-8(14(17,18)19)13(9)20-10-4-5-11-7(10)6-12(16)21-11/h1-3,6,10,20H,4-5H2. The van der Waals surface area contributed by atoms with Crippen molar-refractivity contribution in [2.24, 2.45) is 0 Å². The smallest absolute Gasteiger partial charge is 0.376 e. The van der Waals surface area contributed by atoms with E-state index < -0.39 is 11.7 Å². The summed E-state index contributed by atoms with van der Waals surface area (Å²) in [7, 11) is 0. The molecule has 1 heterocycles. The first-order valence-electron chi connectivity index (χ1n) is 6.26. The molecule has 0 aliphatic heterocycles. The van der Waals surface area contributed by atoms with Crippen LogP contribution in [0.3, 0.4) is 0 Å². The van der Waals surface area contributed by atoms with Crippen molar-refractivity contribution >= 4 is 40.2 Å². The first-order chi connectivity index (χ1) is 9.86. The van der Waals surface area contributed by atoms with E-state index in [1.165, 1.54) is 23.5 Å². The molecule has 1 nitrogen and oxygen atoms in total. The Hall–Kier alpha value is -0.910. The predicted molar refractivity (Wildman–Crippen MR) is 80.5 cm³/mol. The van der Waals surface area contributed by atoms with Crippen LogP contribution in [0.1, 0.15) is 28.5 Å². The highest BCUT2D eigenvalue weighted by Gasteiger charge is 2.35. The van der Waals surface area contributed by atoms with Crippen molar-refractivity contribution in [1.29, 1.82) is 0 Å². The van der Waals surface area contributed by atoms with E-state index >= 15 is 0 Å². The molecule has 1 unspecified atom stereocenters. The Balaban J connectivity index is 1.96. The van der Waals surface area contributed by atoms with Gasteiger partial charge >= 0.3 is 6.18 Å². The van der Waals surface area contributed by atoms with Crippen LogP contribution in [0, 0.1) is 0 Å². The summed E-state index contributed by atoms with van der Waals surface area (Å²) in [5.41, 5.74) is 0.162. The predicted octanol–water partition coefficient (Wildman–Crippen LogP) is 6.17. The van der Waals surface area contributed by atoms with Gasteiger partial charge in [0.15, 0.2) is 0 Å². The third-order valence-corrected chi connectivity index (χ3v) is 5.14. The van der Waals surface area contributed by atoms with Gasteiger partial charge in [0, 0.05) is 4.88 Å². The van der Waals surface area contributed by atoms with Crippen LogP contribution in [0.25, 0.3) is 0 Å². The molecule has 0 saturated carbocycles. The van der Waals surface area contributed by atoms with E-state index in [9.17, 15) is 13.2 Å². The Morgan fingerprint density at radius 1 is 1.24 bits per heavy atom. The average Bonchev–Trinajstić information content (AvgIpc) is 2.91. The van der Waals surface area contributed by atoms with Crippen molar-refractivity contribution in [3.63, 3.8) is 0 Å². The fraction of sp³-hybridized carbons (Fsp3) is 0.286. The van der Waals surface area contributed by atoms with E-state index in [1.54, 1.807) is 0 Å². The molecule has 2 aromatic rings. The third-order valence-electron chi connectivity index (χ3n) is 3.48. The van der Waals surface area contributed by atoms with Crippen molar-refractivity contribution in [3.05, 3.63) is 49.6 Å². The van der Waals surface area contributed by atoms with E-state index in [2.05, 4.69) is 5.32 Å². The number of nitrogens with one attached hydrogen (secondary N) is 1. The molecule has 1 N–H and O–H groups in total. The Morgan fingerprint density at radius 2 is 2.00 bits per heavy atom. The second-order valence-corrected chi connectivity index (χ2v) is 7.00. The molecule has 112 valence electrons. The summed E-state index contributed by atoms with van der Waals surface area (Å²) < 4.78 is 39.9. The molecule has 1 aromatic heterocycles. The Bertz CT molecular complexity index is 681. The van der Waals surface area contributed by atoms with Gasteiger partial charge in [-0.1, -0.05) is 29.3 Å². The minimum absolute atomic E-state index is 0.0631. The highest BCUT2D eigenvalue weighted by Crippen LogP contribution is 2.44. The van der Waals surface area contributed by atoms with Crippen LogP contribution in [0.15, 0.2) is 24.3 Å². The number of alkyl halides is 3. The second kappa shape index (κ2) is 5.38. The van der Waals surface area contributed by atoms with Gasteiger partial charge in [-0.05, 0) is 36.6 Å². The molecule has 0 spiro atoms. The van der Waals surface area contributed by atoms with Crippen LogP contribution < -0.4 is 5.32 Å². The van der Waals surface area contributed by atoms with E-state index in [4.69, 9.17) is 23.2 Å². The Morgan fingerprint density at radius 3 is 2.71 bits per heavy atom. The maximum atomic E-state index is 13.1. The summed E-state index contributed by atoms with van der Waals surface area (Å²) in [4.78, 5) is 1.12. The SMILES string of the molecule is FC(F)(F)c1cccc(Cl)c1NC1CCc2sc(Cl)cc21. The van der Waals surface area contributed by atoms with Gasteiger partial charge in [0.2, 0.25) is 0 Å². The molecule has 3 rings (SSSR count). The van der Waals surface area contributed by atoms with Crippen LogP contribution in [-0.4, -0.2) is 0 Å². The molecule has 0 bridgehead atoms. The molecule has 0 radical (unpaired) electrons. The van der Waals surface area contributed by atoms with Crippen LogP contribution in [-0.2, 0) is 12.6 Å². The number of thiophene rings is 1. The molecule has 0 saturated heterocycles. The van der Waals surface area contributed by atoms with Crippen molar-refractivity contribution in [1.82, 2.24) is 0 Å². The van der Waals surface area contributed by atoms with Crippen LogP contribution in [0.4, 0.5) is 18.9 Å². The Kier molecular flexibility index (Phi) is 3.84. The van der Waals surface area contributed by atoms with Gasteiger partial charge in [0.1, 0.15) is 0 Å². The largest absolute Gasteiger partial charge is 0.418 e. The Labute approximate surface area is 133 Å². The first kappa shape index (κ1) is 15.0. The van der Waals surface area contributed by atoms with E-state index in [1.807, 2.05) is 6.07 Å². The number of anilines is 1. The zero-order valence-electron chi connectivity index (χ0n) is 10.6. The monoisotopic (exact) mass is 351 g/mol. The van der Waals surface area contributed by atoms with E-state index in [0.717, 1.165) is 29.3 Å². The van der Waals surface area contributed by atoms with Crippen molar-refractivity contribution < 1.29 is 13.2 Å². The van der Waals surface area contributed by atoms with Gasteiger partial charge in [-0.2, -0.15) is 13.2 Å². The number of benzene rings is 1. The summed E-state index contributed by atoms with van der Waals surface area (Å²) in [6.07, 6.45) is -2.89. The number of hydrogen-bond donors (Lipinski definition) is 1. The number of halogens is 5. The lowest BCUT2D eigenvalue weighted by Crippen LogP contribution is -2.14. The zero-order chi connectivity index (χ0) is 15.2. The highest BCUT2D eigenvalue weighted by atomic mass is 35.5. The van der Waals surface area contributed by atoms with Crippen molar-refractivity contribution in [2.75, 3.05) is 5.32 Å². The fourth-order valence-corrected chi connectivity index (χ4v) is 4.15. The van der Waals surface area contributed by atoms with Gasteiger partial charge in [0.25, 0.3) is 0 Å². The third kappa shape index (κ3) is 2.87. The number of rotatable bonds is 2. The summed E-state index contributed by atoms with van der Waals surface area (Å²) >= 11 is 13.4. The van der Waals surface area contributed by atoms with Crippen molar-refractivity contribution in [2.45, 2.75) is 25.1 Å². The summed E-state index contributed by atoms with van der Waals surface area (Å²) in [6.45, 7) is 0. The van der Waals surface area contributed by atoms with Crippen LogP contribution >= 0.6 is 34.5 Å². The molecule has 1 aliphatic rings.